The third-order valence-corrected chi connectivity index (χ3v) is 12.2. The highest BCUT2D eigenvalue weighted by atomic mass is 32.2. The fourth-order valence-electron chi connectivity index (χ4n) is 7.70. The van der Waals surface area contributed by atoms with E-state index in [2.05, 4.69) is 31.6 Å². The van der Waals surface area contributed by atoms with E-state index in [4.69, 9.17) is 0 Å². The fourth-order valence-corrected chi connectivity index (χ4v) is 9.24. The van der Waals surface area contributed by atoms with Gasteiger partial charge < -0.3 is 46.6 Å². The van der Waals surface area contributed by atoms with E-state index >= 15 is 0 Å². The van der Waals surface area contributed by atoms with Gasteiger partial charge in [0, 0.05) is 49.3 Å². The summed E-state index contributed by atoms with van der Waals surface area (Å²) in [5.41, 5.74) is 0.697. The molecule has 4 fully saturated rings. The Bertz CT molecular complexity index is 1320. The van der Waals surface area contributed by atoms with Gasteiger partial charge in [-0.2, -0.15) is 11.8 Å². The molecule has 0 spiro atoms. The molecule has 1 saturated carbocycles. The molecule has 16 nitrogen and oxygen atoms in total. The van der Waals surface area contributed by atoms with Crippen molar-refractivity contribution in [3.8, 4) is 0 Å². The highest BCUT2D eigenvalue weighted by molar-refractivity contribution is 8.00. The van der Waals surface area contributed by atoms with Gasteiger partial charge in [0.15, 0.2) is 0 Å². The summed E-state index contributed by atoms with van der Waals surface area (Å²) in [5, 5.41) is 60.4. The van der Waals surface area contributed by atoms with E-state index in [1.54, 1.807) is 4.68 Å². The van der Waals surface area contributed by atoms with Gasteiger partial charge in [-0.25, -0.2) is 4.79 Å². The Morgan fingerprint density at radius 2 is 1.55 bits per heavy atom. The van der Waals surface area contributed by atoms with Crippen molar-refractivity contribution in [2.75, 3.05) is 18.9 Å². The average Bonchev–Trinajstić information content (AvgIpc) is 3.33. The molecule has 5 amide bonds. The van der Waals surface area contributed by atoms with Crippen LogP contribution >= 0.6 is 11.8 Å². The van der Waals surface area contributed by atoms with Gasteiger partial charge in [-0.1, -0.05) is 37.3 Å². The fraction of sp³-hybridized carbons (Fsp3) is 0.824. The molecule has 4 aliphatic rings. The molecule has 1 aliphatic carbocycles. The van der Waals surface area contributed by atoms with Crippen LogP contribution in [0.15, 0.2) is 6.20 Å². The second-order valence-electron chi connectivity index (χ2n) is 14.4. The molecule has 5 rings (SSSR count). The van der Waals surface area contributed by atoms with E-state index in [0.29, 0.717) is 56.3 Å². The number of hydrogen-bond donors (Lipinski definition) is 8. The number of likely N-dealkylation sites (tertiary alicyclic amines) is 1. The number of nitrogens with zero attached hydrogens (tertiary/aromatic N) is 4. The molecule has 51 heavy (non-hydrogen) atoms. The number of fused-ring (bicyclic) bond motifs is 2. The molecule has 0 radical (unpaired) electrons. The Hall–Kier alpha value is -2.99. The van der Waals surface area contributed by atoms with E-state index in [9.17, 15) is 39.6 Å². The number of aromatic nitrogens is 3. The standard InChI is InChI=1S/C34H56N8O8S/c43-19-22-29-30(32(48)33(49)31(22)47)42(29)27(46)14-6-2-1-3-10-16-41-18-21(39-40-41)17-36-26(45)12-5-4-9-15-35-25(44)13-8-7-11-24-28-23(20-51-24)37-34(50)38-28/h18,22-24,28-33,43,47-49H,1-17,19-20H2,(H,35,44)(H,36,45)(H2,37,38,50)/t22-,23-,24+,28-,29+,30+,31+,32-,33-,42?/m0/s1. The quantitative estimate of drug-likeness (QED) is 0.0446. The summed E-state index contributed by atoms with van der Waals surface area (Å²) in [4.78, 5) is 50.1. The molecule has 0 bridgehead atoms. The van der Waals surface area contributed by atoms with Crippen LogP contribution in [0.3, 0.4) is 0 Å². The van der Waals surface area contributed by atoms with Crippen molar-refractivity contribution in [1.29, 1.82) is 0 Å². The second kappa shape index (κ2) is 19.2. The molecule has 17 heteroatoms. The zero-order valence-corrected chi connectivity index (χ0v) is 30.1. The number of aliphatic hydroxyl groups is 4. The van der Waals surface area contributed by atoms with E-state index < -0.39 is 36.3 Å². The lowest BCUT2D eigenvalue weighted by Gasteiger charge is -2.31. The molecule has 4 heterocycles. The van der Waals surface area contributed by atoms with Crippen LogP contribution in [0.4, 0.5) is 4.79 Å². The first-order valence-corrected chi connectivity index (χ1v) is 19.8. The minimum Gasteiger partial charge on any atom is -0.396 e. The molecule has 3 saturated heterocycles. The van der Waals surface area contributed by atoms with Crippen molar-refractivity contribution < 1.29 is 39.6 Å². The summed E-state index contributed by atoms with van der Waals surface area (Å²) in [6.45, 7) is 1.29. The van der Waals surface area contributed by atoms with Gasteiger partial charge in [-0.15, -0.1) is 5.10 Å². The average molecular weight is 737 g/mol. The Labute approximate surface area is 303 Å². The third-order valence-electron chi connectivity index (χ3n) is 10.6. The number of carbonyl (C=O) groups is 4. The number of aliphatic hydroxyl groups excluding tert-OH is 4. The molecular weight excluding hydrogens is 680 g/mol. The maximum Gasteiger partial charge on any atom is 0.315 e. The molecule has 286 valence electrons. The monoisotopic (exact) mass is 736 g/mol. The van der Waals surface area contributed by atoms with Crippen LogP contribution in [-0.4, -0.2) is 131 Å². The Balaban J connectivity index is 0.810. The van der Waals surface area contributed by atoms with Gasteiger partial charge in [0.05, 0.1) is 49.6 Å². The van der Waals surface area contributed by atoms with E-state index in [0.717, 1.165) is 70.0 Å². The van der Waals surface area contributed by atoms with Crippen LogP contribution in [0.5, 0.6) is 0 Å². The van der Waals surface area contributed by atoms with Gasteiger partial charge in [0.25, 0.3) is 0 Å². The van der Waals surface area contributed by atoms with E-state index in [-0.39, 0.29) is 42.4 Å². The SMILES string of the molecule is O=C(CCCC[C@H]1SC[C@@H]2NC(=O)N[C@@H]21)NCCCCCC(=O)NCc1cn(CCCCCCCC(=O)N2[C@@H]3[C@H](CO)[C@@H](O)[C@H](O)[C@@H](O)[C@@H]32)nn1. The van der Waals surface area contributed by atoms with Crippen LogP contribution in [0, 0.1) is 5.92 Å². The maximum atomic E-state index is 12.7. The summed E-state index contributed by atoms with van der Waals surface area (Å²) in [6, 6.07) is -0.586. The van der Waals surface area contributed by atoms with Crippen LogP contribution in [-0.2, 0) is 27.5 Å². The Kier molecular flexibility index (Phi) is 14.8. The van der Waals surface area contributed by atoms with Gasteiger partial charge in [-0.3, -0.25) is 19.1 Å². The number of hydrogen-bond acceptors (Lipinski definition) is 11. The van der Waals surface area contributed by atoms with Crippen molar-refractivity contribution in [3.05, 3.63) is 11.9 Å². The molecule has 9 atom stereocenters. The minimum absolute atomic E-state index is 0.0383. The number of unbranched alkanes of at least 4 members (excludes halogenated alkanes) is 7. The number of aryl methyl sites for hydroxylation is 1. The van der Waals surface area contributed by atoms with Crippen LogP contribution in [0.2, 0.25) is 0 Å². The molecule has 1 aromatic rings. The number of thioether (sulfide) groups is 1. The summed E-state index contributed by atoms with van der Waals surface area (Å²) in [7, 11) is 0. The minimum atomic E-state index is -1.36. The Morgan fingerprint density at radius 1 is 0.843 bits per heavy atom. The summed E-state index contributed by atoms with van der Waals surface area (Å²) >= 11 is 1.89. The zero-order chi connectivity index (χ0) is 36.3. The smallest absolute Gasteiger partial charge is 0.315 e. The molecular formula is C34H56N8O8S. The predicted octanol–water partition coefficient (Wildman–Crippen LogP) is -0.0785. The van der Waals surface area contributed by atoms with Crippen LogP contribution in [0.1, 0.15) is 95.6 Å². The summed E-state index contributed by atoms with van der Waals surface area (Å²) in [6.07, 6.45) is 8.89. The van der Waals surface area contributed by atoms with E-state index in [1.807, 2.05) is 18.0 Å². The first-order chi connectivity index (χ1) is 24.7. The number of urea groups is 1. The van der Waals surface area contributed by atoms with Gasteiger partial charge in [-0.05, 0) is 38.5 Å². The highest BCUT2D eigenvalue weighted by Crippen LogP contribution is 2.45. The largest absolute Gasteiger partial charge is 0.396 e. The second-order valence-corrected chi connectivity index (χ2v) is 15.7. The Morgan fingerprint density at radius 3 is 2.35 bits per heavy atom. The molecule has 0 unspecified atom stereocenters. The topological polar surface area (TPSA) is 231 Å². The number of carbonyl (C=O) groups excluding carboxylic acids is 4. The molecule has 3 aliphatic heterocycles. The first-order valence-electron chi connectivity index (χ1n) is 18.7. The van der Waals surface area contributed by atoms with Gasteiger partial charge in [0.2, 0.25) is 17.7 Å². The zero-order valence-electron chi connectivity index (χ0n) is 29.3. The lowest BCUT2D eigenvalue weighted by Crippen LogP contribution is -2.52. The summed E-state index contributed by atoms with van der Waals surface area (Å²) in [5.74, 6) is 0.208. The number of nitrogens with one attached hydrogen (secondary N) is 4. The van der Waals surface area contributed by atoms with Gasteiger partial charge in [0.1, 0.15) is 17.9 Å². The van der Waals surface area contributed by atoms with Crippen molar-refractivity contribution in [1.82, 2.24) is 41.2 Å². The van der Waals surface area contributed by atoms with Gasteiger partial charge >= 0.3 is 6.03 Å². The molecule has 0 aromatic carbocycles. The number of rotatable bonds is 22. The lowest BCUT2D eigenvalue weighted by molar-refractivity contribution is -0.127. The van der Waals surface area contributed by atoms with Crippen LogP contribution < -0.4 is 21.3 Å². The van der Waals surface area contributed by atoms with Crippen molar-refractivity contribution in [2.24, 2.45) is 5.92 Å². The summed E-state index contributed by atoms with van der Waals surface area (Å²) < 4.78 is 1.77. The first kappa shape index (κ1) is 39.2. The normalized spacial score (nSPS) is 29.2. The maximum absolute atomic E-state index is 12.7. The molecule has 8 N–H and O–H groups in total. The predicted molar refractivity (Wildman–Crippen MR) is 188 cm³/mol. The molecule has 1 aromatic heterocycles. The lowest BCUT2D eigenvalue weighted by atomic mass is 9.83. The van der Waals surface area contributed by atoms with Crippen molar-refractivity contribution in [3.63, 3.8) is 0 Å². The number of amides is 5. The van der Waals surface area contributed by atoms with Crippen molar-refractivity contribution in [2.45, 2.75) is 151 Å². The van der Waals surface area contributed by atoms with E-state index in [1.165, 1.54) is 4.90 Å². The third kappa shape index (κ3) is 10.8. The van der Waals surface area contributed by atoms with Crippen molar-refractivity contribution >= 4 is 35.5 Å². The highest BCUT2D eigenvalue weighted by Gasteiger charge is 2.65. The van der Waals surface area contributed by atoms with Crippen LogP contribution in [0.25, 0.3) is 0 Å².